The van der Waals surface area contributed by atoms with E-state index in [1.54, 1.807) is 6.92 Å². The van der Waals surface area contributed by atoms with E-state index < -0.39 is 26.5 Å². The average molecular weight is 743 g/mol. The minimum atomic E-state index is -4.28. The van der Waals surface area contributed by atoms with Gasteiger partial charge in [-0.25, -0.2) is 4.57 Å². The van der Waals surface area contributed by atoms with E-state index in [0.717, 1.165) is 64.2 Å². The zero-order valence-corrected chi connectivity index (χ0v) is 34.2. The lowest BCUT2D eigenvalue weighted by molar-refractivity contribution is -0.161. The molecule has 0 radical (unpaired) electrons. The lowest BCUT2D eigenvalue weighted by Gasteiger charge is -2.19. The summed E-state index contributed by atoms with van der Waals surface area (Å²) in [5.74, 6) is -0.807. The molecule has 0 aromatic heterocycles. The van der Waals surface area contributed by atoms with E-state index in [2.05, 4.69) is 38.2 Å². The topological polar surface area (TPSA) is 108 Å². The molecule has 0 bridgehead atoms. The van der Waals surface area contributed by atoms with Gasteiger partial charge >= 0.3 is 19.8 Å². The Morgan fingerprint density at radius 3 is 1.47 bits per heavy atom. The van der Waals surface area contributed by atoms with Crippen molar-refractivity contribution in [3.05, 3.63) is 24.3 Å². The molecule has 1 N–H and O–H groups in total. The molecule has 0 amide bonds. The summed E-state index contributed by atoms with van der Waals surface area (Å²) in [5.41, 5.74) is 0. The van der Waals surface area contributed by atoms with Crippen molar-refractivity contribution in [3.8, 4) is 0 Å². The van der Waals surface area contributed by atoms with Gasteiger partial charge in [-0.05, 0) is 45.4 Å². The van der Waals surface area contributed by atoms with Gasteiger partial charge in [-0.2, -0.15) is 0 Å². The molecule has 0 aromatic carbocycles. The van der Waals surface area contributed by atoms with Gasteiger partial charge in [0, 0.05) is 12.8 Å². The number of carbonyl (C=O) groups is 2. The molecule has 0 heterocycles. The lowest BCUT2D eigenvalue weighted by atomic mass is 10.0. The standard InChI is InChI=1S/C42H79O8P/c1-4-7-9-11-13-15-17-19-20-21-22-23-25-26-28-30-32-34-36-41(43)47-38-40(39-49-51(45,46)48-6-3)50-42(44)37-35-33-31-29-27-24-18-16-14-12-10-8-5-2/h10,12,16,18,40H,4-9,11,13-15,17,19-39H2,1-3H3,(H,45,46)/b12-10-,18-16-. The van der Waals surface area contributed by atoms with E-state index in [-0.39, 0.29) is 25.6 Å². The molecule has 0 saturated heterocycles. The van der Waals surface area contributed by atoms with Crippen LogP contribution in [0.3, 0.4) is 0 Å². The van der Waals surface area contributed by atoms with Crippen LogP contribution in [0.2, 0.25) is 0 Å². The van der Waals surface area contributed by atoms with E-state index in [9.17, 15) is 19.0 Å². The molecule has 9 heteroatoms. The maximum absolute atomic E-state index is 12.5. The number of hydrogen-bond donors (Lipinski definition) is 1. The SMILES string of the molecule is CCC/C=C\C/C=C\CCCCCCCC(=O)OC(COC(=O)CCCCCCCCCCCCCCCCCCCC)COP(=O)(O)OCC. The van der Waals surface area contributed by atoms with E-state index in [1.165, 1.54) is 103 Å². The van der Waals surface area contributed by atoms with Crippen molar-refractivity contribution in [1.29, 1.82) is 0 Å². The molecule has 0 rings (SSSR count). The van der Waals surface area contributed by atoms with E-state index in [0.29, 0.717) is 12.8 Å². The van der Waals surface area contributed by atoms with E-state index in [1.807, 2.05) is 0 Å². The van der Waals surface area contributed by atoms with Gasteiger partial charge in [-0.1, -0.05) is 173 Å². The quantitative estimate of drug-likeness (QED) is 0.0287. The number of rotatable bonds is 39. The van der Waals surface area contributed by atoms with Gasteiger partial charge in [-0.3, -0.25) is 18.6 Å². The van der Waals surface area contributed by atoms with Crippen molar-refractivity contribution in [3.63, 3.8) is 0 Å². The van der Waals surface area contributed by atoms with Gasteiger partial charge < -0.3 is 14.4 Å². The second-order valence-corrected chi connectivity index (χ2v) is 15.5. The van der Waals surface area contributed by atoms with Gasteiger partial charge in [0.2, 0.25) is 0 Å². The number of unbranched alkanes of at least 4 members (excludes halogenated alkanes) is 23. The maximum Gasteiger partial charge on any atom is 0.472 e. The Hall–Kier alpha value is -1.47. The van der Waals surface area contributed by atoms with Crippen LogP contribution in [0.1, 0.15) is 207 Å². The number of allylic oxidation sites excluding steroid dienone is 4. The summed E-state index contributed by atoms with van der Waals surface area (Å²) in [6, 6.07) is 0. The van der Waals surface area contributed by atoms with Gasteiger partial charge in [0.05, 0.1) is 13.2 Å². The maximum atomic E-state index is 12.5. The number of phosphoric ester groups is 1. The van der Waals surface area contributed by atoms with Crippen LogP contribution in [0.5, 0.6) is 0 Å². The number of ether oxygens (including phenoxy) is 2. The fraction of sp³-hybridized carbons (Fsp3) is 0.857. The Morgan fingerprint density at radius 2 is 0.980 bits per heavy atom. The third-order valence-corrected chi connectivity index (χ3v) is 10.1. The van der Waals surface area contributed by atoms with Crippen LogP contribution in [0.15, 0.2) is 24.3 Å². The molecule has 51 heavy (non-hydrogen) atoms. The minimum Gasteiger partial charge on any atom is -0.462 e. The van der Waals surface area contributed by atoms with Crippen molar-refractivity contribution < 1.29 is 37.6 Å². The zero-order chi connectivity index (χ0) is 37.5. The van der Waals surface area contributed by atoms with Crippen LogP contribution >= 0.6 is 7.82 Å². The summed E-state index contributed by atoms with van der Waals surface area (Å²) >= 11 is 0. The molecule has 0 aliphatic heterocycles. The zero-order valence-electron chi connectivity index (χ0n) is 33.3. The van der Waals surface area contributed by atoms with Crippen molar-refractivity contribution in [2.24, 2.45) is 0 Å². The summed E-state index contributed by atoms with van der Waals surface area (Å²) in [6.07, 6.45) is 40.9. The Balaban J connectivity index is 4.05. The minimum absolute atomic E-state index is 0.000697. The van der Waals surface area contributed by atoms with Crippen LogP contribution in [0.4, 0.5) is 0 Å². The number of carbonyl (C=O) groups excluding carboxylic acids is 2. The molecule has 300 valence electrons. The molecular formula is C42H79O8P. The van der Waals surface area contributed by atoms with Gasteiger partial charge in [0.15, 0.2) is 6.10 Å². The van der Waals surface area contributed by atoms with Crippen LogP contribution < -0.4 is 0 Å². The fourth-order valence-corrected chi connectivity index (χ4v) is 6.66. The monoisotopic (exact) mass is 743 g/mol. The second-order valence-electron chi connectivity index (χ2n) is 14.0. The van der Waals surface area contributed by atoms with Gasteiger partial charge in [0.25, 0.3) is 0 Å². The highest BCUT2D eigenvalue weighted by molar-refractivity contribution is 7.47. The van der Waals surface area contributed by atoms with E-state index in [4.69, 9.17) is 18.5 Å². The first-order valence-electron chi connectivity index (χ1n) is 21.1. The predicted octanol–water partition coefficient (Wildman–Crippen LogP) is 13.1. The largest absolute Gasteiger partial charge is 0.472 e. The Kier molecular flexibility index (Phi) is 37.2. The third-order valence-electron chi connectivity index (χ3n) is 8.99. The molecule has 0 aliphatic rings. The molecule has 0 fully saturated rings. The van der Waals surface area contributed by atoms with Crippen molar-refractivity contribution in [2.75, 3.05) is 19.8 Å². The number of esters is 2. The van der Waals surface area contributed by atoms with Crippen LogP contribution in [-0.4, -0.2) is 42.8 Å². The normalized spacial score (nSPS) is 13.6. The number of phosphoric acid groups is 1. The van der Waals surface area contributed by atoms with Crippen molar-refractivity contribution in [2.45, 2.75) is 213 Å². The smallest absolute Gasteiger partial charge is 0.462 e. The van der Waals surface area contributed by atoms with E-state index >= 15 is 0 Å². The van der Waals surface area contributed by atoms with Crippen molar-refractivity contribution in [1.82, 2.24) is 0 Å². The highest BCUT2D eigenvalue weighted by Gasteiger charge is 2.25. The summed E-state index contributed by atoms with van der Waals surface area (Å²) < 4.78 is 32.6. The molecule has 8 nitrogen and oxygen atoms in total. The van der Waals surface area contributed by atoms with Crippen LogP contribution in [0, 0.1) is 0 Å². The van der Waals surface area contributed by atoms with Crippen LogP contribution in [-0.2, 0) is 32.7 Å². The summed E-state index contributed by atoms with van der Waals surface area (Å²) in [7, 11) is -4.28. The third kappa shape index (κ3) is 38.1. The summed E-state index contributed by atoms with van der Waals surface area (Å²) in [5, 5.41) is 0. The molecule has 2 unspecified atom stereocenters. The summed E-state index contributed by atoms with van der Waals surface area (Å²) in [4.78, 5) is 34.7. The Bertz CT molecular complexity index is 890. The first-order valence-corrected chi connectivity index (χ1v) is 22.6. The molecule has 2 atom stereocenters. The average Bonchev–Trinajstić information content (AvgIpc) is 3.10. The molecule has 0 spiro atoms. The second kappa shape index (κ2) is 38.3. The summed E-state index contributed by atoms with van der Waals surface area (Å²) in [6.45, 7) is 5.41. The van der Waals surface area contributed by atoms with Crippen molar-refractivity contribution >= 4 is 19.8 Å². The first-order chi connectivity index (χ1) is 24.8. The lowest BCUT2D eigenvalue weighted by Crippen LogP contribution is -2.29. The first kappa shape index (κ1) is 49.5. The molecule has 0 aromatic rings. The molecule has 0 aliphatic carbocycles. The highest BCUT2D eigenvalue weighted by Crippen LogP contribution is 2.43. The highest BCUT2D eigenvalue weighted by atomic mass is 31.2. The molecular weight excluding hydrogens is 663 g/mol. The fourth-order valence-electron chi connectivity index (χ4n) is 5.90. The molecule has 0 saturated carbocycles. The van der Waals surface area contributed by atoms with Gasteiger partial charge in [-0.15, -0.1) is 0 Å². The van der Waals surface area contributed by atoms with Gasteiger partial charge in [0.1, 0.15) is 6.61 Å². The Labute approximate surface area is 313 Å². The number of hydrogen-bond acceptors (Lipinski definition) is 7. The van der Waals surface area contributed by atoms with Crippen LogP contribution in [0.25, 0.3) is 0 Å². The Morgan fingerprint density at radius 1 is 0.529 bits per heavy atom. The predicted molar refractivity (Wildman–Crippen MR) is 212 cm³/mol.